The van der Waals surface area contributed by atoms with Crippen LogP contribution in [0.3, 0.4) is 0 Å². The minimum atomic E-state index is -0.466. The lowest BCUT2D eigenvalue weighted by Gasteiger charge is -2.10. The van der Waals surface area contributed by atoms with E-state index in [0.29, 0.717) is 17.8 Å². The molecule has 144 valence electrons. The van der Waals surface area contributed by atoms with Crippen LogP contribution in [0.4, 0.5) is 10.1 Å². The number of hydrogen-bond donors (Lipinski definition) is 2. The van der Waals surface area contributed by atoms with Crippen molar-refractivity contribution in [3.05, 3.63) is 77.1 Å². The van der Waals surface area contributed by atoms with Crippen LogP contribution < -0.4 is 10.6 Å². The van der Waals surface area contributed by atoms with Crippen LogP contribution in [0.1, 0.15) is 22.3 Å². The second kappa shape index (κ2) is 9.09. The van der Waals surface area contributed by atoms with Gasteiger partial charge in [0, 0.05) is 24.2 Å². The predicted molar refractivity (Wildman–Crippen MR) is 102 cm³/mol. The van der Waals surface area contributed by atoms with Crippen LogP contribution >= 0.6 is 11.6 Å². The maximum atomic E-state index is 13.7. The van der Waals surface area contributed by atoms with Crippen LogP contribution in [0.25, 0.3) is 0 Å². The van der Waals surface area contributed by atoms with Gasteiger partial charge in [-0.2, -0.15) is 5.10 Å². The number of rotatable bonds is 7. The Labute approximate surface area is 165 Å². The molecule has 0 saturated heterocycles. The fraction of sp³-hybridized carbons (Fsp3) is 0.158. The number of aryl methyl sites for hydroxylation is 1. The van der Waals surface area contributed by atoms with Gasteiger partial charge in [0.2, 0.25) is 5.91 Å². The molecule has 0 saturated carbocycles. The average molecular weight is 402 g/mol. The van der Waals surface area contributed by atoms with Gasteiger partial charge < -0.3 is 10.6 Å². The van der Waals surface area contributed by atoms with Crippen LogP contribution in [0.5, 0.6) is 0 Å². The number of amides is 2. The number of anilines is 1. The molecule has 2 N–H and O–H groups in total. The summed E-state index contributed by atoms with van der Waals surface area (Å²) < 4.78 is 15.2. The maximum absolute atomic E-state index is 13.7. The summed E-state index contributed by atoms with van der Waals surface area (Å²) in [6, 6.07) is 10.8. The molecule has 0 fully saturated rings. The molecule has 0 bridgehead atoms. The number of carbonyl (C=O) groups is 2. The summed E-state index contributed by atoms with van der Waals surface area (Å²) in [6.45, 7) is 0.408. The average Bonchev–Trinajstić information content (AvgIpc) is 3.21. The Morgan fingerprint density at radius 3 is 2.75 bits per heavy atom. The zero-order chi connectivity index (χ0) is 19.9. The van der Waals surface area contributed by atoms with Crippen LogP contribution in [0.2, 0.25) is 5.02 Å². The number of aromatic nitrogens is 3. The van der Waals surface area contributed by atoms with Gasteiger partial charge in [-0.05, 0) is 24.3 Å². The van der Waals surface area contributed by atoms with Gasteiger partial charge in [0.05, 0.1) is 17.1 Å². The molecule has 7 nitrogen and oxygen atoms in total. The third kappa shape index (κ3) is 5.14. The molecule has 9 heteroatoms. The third-order valence-electron chi connectivity index (χ3n) is 3.93. The molecular formula is C19H17ClFN5O2. The van der Waals surface area contributed by atoms with E-state index < -0.39 is 11.7 Å². The Morgan fingerprint density at radius 1 is 1.18 bits per heavy atom. The van der Waals surface area contributed by atoms with Crippen LogP contribution in [0.15, 0.2) is 55.1 Å². The molecule has 1 aromatic heterocycles. The normalized spacial score (nSPS) is 10.5. The predicted octanol–water partition coefficient (Wildman–Crippen LogP) is 3.03. The Hall–Kier alpha value is -3.26. The highest BCUT2D eigenvalue weighted by Gasteiger charge is 2.13. The molecule has 0 aliphatic rings. The second-order valence-corrected chi connectivity index (χ2v) is 6.33. The van der Waals surface area contributed by atoms with Crippen molar-refractivity contribution < 1.29 is 14.0 Å². The van der Waals surface area contributed by atoms with E-state index in [4.69, 9.17) is 11.6 Å². The third-order valence-corrected chi connectivity index (χ3v) is 4.26. The first-order chi connectivity index (χ1) is 13.5. The van der Waals surface area contributed by atoms with Crippen molar-refractivity contribution in [3.8, 4) is 0 Å². The first kappa shape index (κ1) is 19.5. The van der Waals surface area contributed by atoms with Crippen LogP contribution in [-0.4, -0.2) is 26.6 Å². The summed E-state index contributed by atoms with van der Waals surface area (Å²) in [5, 5.41) is 9.49. The fourth-order valence-electron chi connectivity index (χ4n) is 2.48. The Morgan fingerprint density at radius 2 is 2.00 bits per heavy atom. The van der Waals surface area contributed by atoms with Gasteiger partial charge in [-0.25, -0.2) is 9.37 Å². The minimum Gasteiger partial charge on any atom is -0.348 e. The van der Waals surface area contributed by atoms with Gasteiger partial charge in [-0.15, -0.1) is 0 Å². The van der Waals surface area contributed by atoms with Crippen LogP contribution in [-0.2, 0) is 17.9 Å². The summed E-state index contributed by atoms with van der Waals surface area (Å²) in [5.74, 6) is -1.11. The zero-order valence-electron chi connectivity index (χ0n) is 14.7. The van der Waals surface area contributed by atoms with Gasteiger partial charge in [-0.3, -0.25) is 14.3 Å². The van der Waals surface area contributed by atoms with Crippen LogP contribution in [0, 0.1) is 5.82 Å². The summed E-state index contributed by atoms with van der Waals surface area (Å²) >= 11 is 6.10. The first-order valence-electron chi connectivity index (χ1n) is 8.46. The molecule has 28 heavy (non-hydrogen) atoms. The molecular weight excluding hydrogens is 385 g/mol. The fourth-order valence-corrected chi connectivity index (χ4v) is 2.68. The van der Waals surface area contributed by atoms with Gasteiger partial charge >= 0.3 is 0 Å². The highest BCUT2D eigenvalue weighted by atomic mass is 35.5. The van der Waals surface area contributed by atoms with E-state index in [1.165, 1.54) is 30.9 Å². The molecule has 0 aliphatic carbocycles. The number of carbonyl (C=O) groups excluding carboxylic acids is 2. The SMILES string of the molecule is O=C(CCn1cncn1)Nc1ccc(Cl)c(C(=O)NCc2ccccc2F)c1. The maximum Gasteiger partial charge on any atom is 0.253 e. The Balaban J connectivity index is 1.61. The lowest BCUT2D eigenvalue weighted by molar-refractivity contribution is -0.116. The largest absolute Gasteiger partial charge is 0.348 e. The molecule has 3 aromatic rings. The van der Waals surface area contributed by atoms with E-state index in [0.717, 1.165) is 0 Å². The summed E-state index contributed by atoms with van der Waals surface area (Å²) in [4.78, 5) is 28.3. The van der Waals surface area contributed by atoms with Gasteiger partial charge in [0.25, 0.3) is 5.91 Å². The first-order valence-corrected chi connectivity index (χ1v) is 8.84. The zero-order valence-corrected chi connectivity index (χ0v) is 15.5. The van der Waals surface area contributed by atoms with E-state index >= 15 is 0 Å². The number of benzene rings is 2. The topological polar surface area (TPSA) is 88.9 Å². The quantitative estimate of drug-likeness (QED) is 0.637. The van der Waals surface area contributed by atoms with Gasteiger partial charge in [0.15, 0.2) is 0 Å². The van der Waals surface area contributed by atoms with E-state index in [9.17, 15) is 14.0 Å². The number of halogens is 2. The lowest BCUT2D eigenvalue weighted by Crippen LogP contribution is -2.24. The van der Waals surface area contributed by atoms with E-state index in [1.54, 1.807) is 28.9 Å². The van der Waals surface area contributed by atoms with Gasteiger partial charge in [0.1, 0.15) is 18.5 Å². The Bertz CT molecular complexity index is 978. The monoisotopic (exact) mass is 401 g/mol. The summed E-state index contributed by atoms with van der Waals surface area (Å²) in [5.41, 5.74) is 0.987. The minimum absolute atomic E-state index is 0.0241. The number of hydrogen-bond acceptors (Lipinski definition) is 4. The van der Waals surface area contributed by atoms with Crippen molar-refractivity contribution in [3.63, 3.8) is 0 Å². The lowest BCUT2D eigenvalue weighted by atomic mass is 10.1. The number of nitrogens with one attached hydrogen (secondary N) is 2. The molecule has 1 heterocycles. The van der Waals surface area contributed by atoms with Crippen molar-refractivity contribution in [1.29, 1.82) is 0 Å². The van der Waals surface area contributed by atoms with E-state index in [2.05, 4.69) is 20.7 Å². The summed E-state index contributed by atoms with van der Waals surface area (Å²) in [6.07, 6.45) is 3.11. The van der Waals surface area contributed by atoms with Crippen molar-refractivity contribution in [2.75, 3.05) is 5.32 Å². The standard InChI is InChI=1S/C19H17ClFN5O2/c20-16-6-5-14(25-18(27)7-8-26-12-22-11-24-26)9-15(16)19(28)23-10-13-3-1-2-4-17(13)21/h1-6,9,11-12H,7-8,10H2,(H,23,28)(H,25,27). The molecule has 3 rings (SSSR count). The van der Waals surface area contributed by atoms with Crippen molar-refractivity contribution >= 4 is 29.1 Å². The summed E-state index contributed by atoms with van der Waals surface area (Å²) in [7, 11) is 0. The van der Waals surface area contributed by atoms with Crippen molar-refractivity contribution in [1.82, 2.24) is 20.1 Å². The van der Waals surface area contributed by atoms with E-state index in [1.807, 2.05) is 0 Å². The number of nitrogens with zero attached hydrogens (tertiary/aromatic N) is 3. The molecule has 0 spiro atoms. The molecule has 0 aliphatic heterocycles. The highest BCUT2D eigenvalue weighted by Crippen LogP contribution is 2.21. The van der Waals surface area contributed by atoms with Gasteiger partial charge in [-0.1, -0.05) is 29.8 Å². The molecule has 0 atom stereocenters. The molecule has 2 aromatic carbocycles. The Kier molecular flexibility index (Phi) is 6.33. The van der Waals surface area contributed by atoms with E-state index in [-0.39, 0.29) is 29.5 Å². The van der Waals surface area contributed by atoms with Crippen molar-refractivity contribution in [2.45, 2.75) is 19.5 Å². The molecule has 0 radical (unpaired) electrons. The second-order valence-electron chi connectivity index (χ2n) is 5.93. The molecule has 0 unspecified atom stereocenters. The smallest absolute Gasteiger partial charge is 0.253 e. The highest BCUT2D eigenvalue weighted by molar-refractivity contribution is 6.34. The van der Waals surface area contributed by atoms with Crippen molar-refractivity contribution in [2.24, 2.45) is 0 Å². The molecule has 2 amide bonds.